The zero-order valence-corrected chi connectivity index (χ0v) is 20.2. The molecule has 0 aromatic heterocycles. The Hall–Kier alpha value is -4.46. The Bertz CT molecular complexity index is 1310. The molecule has 0 aliphatic carbocycles. The number of benzene rings is 3. The predicted molar refractivity (Wildman–Crippen MR) is 134 cm³/mol. The Labute approximate surface area is 204 Å². The number of ether oxygens (including phenoxy) is 5. The number of methoxy groups -OCH3 is 5. The fourth-order valence-corrected chi connectivity index (χ4v) is 3.82. The van der Waals surface area contributed by atoms with Gasteiger partial charge in [-0.05, 0) is 42.5 Å². The molecule has 8 nitrogen and oxygen atoms in total. The number of carbonyl (C=O) groups excluding carboxylic acids is 1. The van der Waals surface area contributed by atoms with E-state index in [1.807, 2.05) is 30.3 Å². The van der Waals surface area contributed by atoms with Gasteiger partial charge in [-0.3, -0.25) is 9.69 Å². The molecule has 0 saturated carbocycles. The second-order valence-electron chi connectivity index (χ2n) is 7.46. The summed E-state index contributed by atoms with van der Waals surface area (Å²) in [6.07, 6.45) is 1.71. The maximum atomic E-state index is 13.7. The molecule has 4 rings (SSSR count). The number of aliphatic imine (C=N–C) groups is 1. The number of carbonyl (C=O) groups is 1. The highest BCUT2D eigenvalue weighted by atomic mass is 16.5. The molecule has 0 atom stereocenters. The second-order valence-corrected chi connectivity index (χ2v) is 7.46. The van der Waals surface area contributed by atoms with E-state index >= 15 is 0 Å². The van der Waals surface area contributed by atoms with Crippen molar-refractivity contribution in [3.05, 3.63) is 77.5 Å². The topological polar surface area (TPSA) is 78.8 Å². The van der Waals surface area contributed by atoms with Gasteiger partial charge < -0.3 is 23.7 Å². The van der Waals surface area contributed by atoms with Gasteiger partial charge in [-0.1, -0.05) is 18.2 Å². The summed E-state index contributed by atoms with van der Waals surface area (Å²) in [5.41, 5.74) is 2.25. The highest BCUT2D eigenvalue weighted by molar-refractivity contribution is 6.33. The summed E-state index contributed by atoms with van der Waals surface area (Å²) in [4.78, 5) is 20.0. The molecule has 1 amide bonds. The molecule has 0 spiro atoms. The van der Waals surface area contributed by atoms with Gasteiger partial charge in [0, 0.05) is 17.2 Å². The van der Waals surface area contributed by atoms with Crippen molar-refractivity contribution >= 4 is 23.5 Å². The average Bonchev–Trinajstić information content (AvgIpc) is 3.23. The summed E-state index contributed by atoms with van der Waals surface area (Å²) in [5, 5.41) is 0. The zero-order valence-electron chi connectivity index (χ0n) is 20.2. The Morgan fingerprint density at radius 1 is 0.686 bits per heavy atom. The Morgan fingerprint density at radius 3 is 1.94 bits per heavy atom. The normalized spacial score (nSPS) is 14.1. The molecule has 180 valence electrons. The molecular formula is C27H26N2O6. The molecule has 0 radical (unpaired) electrons. The summed E-state index contributed by atoms with van der Waals surface area (Å²) in [5.74, 6) is 2.92. The van der Waals surface area contributed by atoms with Gasteiger partial charge in [-0.15, -0.1) is 0 Å². The lowest BCUT2D eigenvalue weighted by Crippen LogP contribution is -2.32. The number of amides is 1. The minimum Gasteiger partial charge on any atom is -0.496 e. The number of nitrogens with zero attached hydrogens (tertiary/aromatic N) is 2. The lowest BCUT2D eigenvalue weighted by Gasteiger charge is -2.20. The third kappa shape index (κ3) is 4.50. The predicted octanol–water partition coefficient (Wildman–Crippen LogP) is 4.56. The minimum absolute atomic E-state index is 0.258. The number of anilines is 1. The molecule has 1 heterocycles. The molecule has 0 saturated heterocycles. The van der Waals surface area contributed by atoms with Crippen molar-refractivity contribution < 1.29 is 28.5 Å². The van der Waals surface area contributed by atoms with Gasteiger partial charge >= 0.3 is 0 Å². The summed E-state index contributed by atoms with van der Waals surface area (Å²) >= 11 is 0. The van der Waals surface area contributed by atoms with Crippen LogP contribution in [0, 0.1) is 0 Å². The minimum atomic E-state index is -0.298. The third-order valence-corrected chi connectivity index (χ3v) is 5.56. The molecule has 1 aliphatic rings. The maximum Gasteiger partial charge on any atom is 0.282 e. The van der Waals surface area contributed by atoms with Crippen molar-refractivity contribution in [3.63, 3.8) is 0 Å². The molecule has 0 N–H and O–H groups in total. The highest BCUT2D eigenvalue weighted by Crippen LogP contribution is 2.37. The van der Waals surface area contributed by atoms with Crippen molar-refractivity contribution in [2.24, 2.45) is 4.99 Å². The Morgan fingerprint density at radius 2 is 1.29 bits per heavy atom. The lowest BCUT2D eigenvalue weighted by molar-refractivity contribution is -0.113. The molecule has 35 heavy (non-hydrogen) atoms. The van der Waals surface area contributed by atoms with E-state index in [0.717, 1.165) is 5.56 Å². The first-order valence-electron chi connectivity index (χ1n) is 10.8. The fourth-order valence-electron chi connectivity index (χ4n) is 3.82. The van der Waals surface area contributed by atoms with Crippen LogP contribution in [0.1, 0.15) is 11.1 Å². The molecule has 0 fully saturated rings. The van der Waals surface area contributed by atoms with Gasteiger partial charge in [-0.25, -0.2) is 4.99 Å². The van der Waals surface area contributed by atoms with E-state index in [4.69, 9.17) is 28.7 Å². The number of para-hydroxylation sites is 1. The zero-order chi connectivity index (χ0) is 24.9. The number of amidine groups is 1. The first kappa shape index (κ1) is 23.7. The van der Waals surface area contributed by atoms with Crippen LogP contribution in [0.25, 0.3) is 6.08 Å². The fraction of sp³-hybridized carbons (Fsp3) is 0.185. The van der Waals surface area contributed by atoms with Crippen molar-refractivity contribution in [3.8, 4) is 28.7 Å². The van der Waals surface area contributed by atoms with Gasteiger partial charge in [-0.2, -0.15) is 0 Å². The maximum absolute atomic E-state index is 13.7. The first-order valence-corrected chi connectivity index (χ1v) is 10.8. The molecule has 3 aromatic carbocycles. The van der Waals surface area contributed by atoms with Crippen molar-refractivity contribution in [2.75, 3.05) is 40.4 Å². The van der Waals surface area contributed by atoms with E-state index in [-0.39, 0.29) is 11.6 Å². The molecular weight excluding hydrogens is 448 g/mol. The number of rotatable bonds is 8. The SMILES string of the molecule is COc1ccccc1C=C1N=C(c2ccc(OC)c(OC)c2)N(c2ccc(OC)c(OC)c2)C1=O. The number of hydrogen-bond donors (Lipinski definition) is 0. The average molecular weight is 475 g/mol. The highest BCUT2D eigenvalue weighted by Gasteiger charge is 2.33. The van der Waals surface area contributed by atoms with Crippen LogP contribution in [-0.2, 0) is 4.79 Å². The van der Waals surface area contributed by atoms with Crippen LogP contribution in [0.4, 0.5) is 5.69 Å². The van der Waals surface area contributed by atoms with Gasteiger partial charge in [0.1, 0.15) is 17.3 Å². The van der Waals surface area contributed by atoms with Crippen molar-refractivity contribution in [2.45, 2.75) is 0 Å². The van der Waals surface area contributed by atoms with Crippen LogP contribution in [0.2, 0.25) is 0 Å². The van der Waals surface area contributed by atoms with E-state index in [9.17, 15) is 4.79 Å². The van der Waals surface area contributed by atoms with E-state index in [0.29, 0.717) is 45.8 Å². The first-order chi connectivity index (χ1) is 17.0. The largest absolute Gasteiger partial charge is 0.496 e. The van der Waals surface area contributed by atoms with Crippen LogP contribution in [0.5, 0.6) is 28.7 Å². The summed E-state index contributed by atoms with van der Waals surface area (Å²) in [6.45, 7) is 0. The van der Waals surface area contributed by atoms with Gasteiger partial charge in [0.25, 0.3) is 5.91 Å². The third-order valence-electron chi connectivity index (χ3n) is 5.56. The van der Waals surface area contributed by atoms with E-state index in [1.165, 1.54) is 4.90 Å². The quantitative estimate of drug-likeness (QED) is 0.445. The van der Waals surface area contributed by atoms with Crippen molar-refractivity contribution in [1.82, 2.24) is 0 Å². The van der Waals surface area contributed by atoms with Gasteiger partial charge in [0.05, 0.1) is 41.2 Å². The molecule has 1 aliphatic heterocycles. The summed E-state index contributed by atoms with van der Waals surface area (Å²) in [7, 11) is 7.82. The van der Waals surface area contributed by atoms with Crippen LogP contribution < -0.4 is 28.6 Å². The monoisotopic (exact) mass is 474 g/mol. The van der Waals surface area contributed by atoms with E-state index < -0.39 is 0 Å². The molecule has 0 bridgehead atoms. The standard InChI is InChI=1S/C27H26N2O6/c1-31-21-9-7-6-8-17(21)14-20-27(30)29(19-11-13-23(33-3)25(16-19)35-5)26(28-20)18-10-12-22(32-2)24(15-18)34-4/h6-16H,1-5H3. The van der Waals surface area contributed by atoms with Gasteiger partial charge in [0.15, 0.2) is 23.0 Å². The Balaban J connectivity index is 1.88. The second kappa shape index (κ2) is 10.2. The molecule has 3 aromatic rings. The molecule has 8 heteroatoms. The van der Waals surface area contributed by atoms with Crippen LogP contribution in [-0.4, -0.2) is 47.3 Å². The number of hydrogen-bond acceptors (Lipinski definition) is 7. The van der Waals surface area contributed by atoms with Crippen LogP contribution in [0.3, 0.4) is 0 Å². The summed E-state index contributed by atoms with van der Waals surface area (Å²) < 4.78 is 27.1. The van der Waals surface area contributed by atoms with Crippen molar-refractivity contribution in [1.29, 1.82) is 0 Å². The lowest BCUT2D eigenvalue weighted by atomic mass is 10.1. The van der Waals surface area contributed by atoms with Gasteiger partial charge in [0.2, 0.25) is 0 Å². The van der Waals surface area contributed by atoms with Crippen LogP contribution >= 0.6 is 0 Å². The smallest absolute Gasteiger partial charge is 0.282 e. The molecule has 0 unspecified atom stereocenters. The Kier molecular flexibility index (Phi) is 6.91. The van der Waals surface area contributed by atoms with E-state index in [1.54, 1.807) is 72.0 Å². The van der Waals surface area contributed by atoms with E-state index in [2.05, 4.69) is 0 Å². The summed E-state index contributed by atoms with van der Waals surface area (Å²) in [6, 6.07) is 18.1. The van der Waals surface area contributed by atoms with Crippen LogP contribution in [0.15, 0.2) is 71.4 Å².